The summed E-state index contributed by atoms with van der Waals surface area (Å²) >= 11 is 5.07. The molecule has 0 heterocycles. The number of nitrogens with one attached hydrogen (secondary N) is 2. The minimum atomic E-state index is 0.489. The van der Waals surface area contributed by atoms with E-state index in [1.165, 1.54) is 5.69 Å². The van der Waals surface area contributed by atoms with Crippen molar-refractivity contribution in [3.8, 4) is 0 Å². The first-order valence-corrected chi connectivity index (χ1v) is 7.52. The van der Waals surface area contributed by atoms with Crippen LogP contribution in [0.4, 0.5) is 5.69 Å². The Morgan fingerprint density at radius 3 is 2.52 bits per heavy atom. The summed E-state index contributed by atoms with van der Waals surface area (Å²) in [7, 11) is 1.65. The molecule has 0 bridgehead atoms. The van der Waals surface area contributed by atoms with Gasteiger partial charge in [0, 0.05) is 32.4 Å². The van der Waals surface area contributed by atoms with Gasteiger partial charge >= 0.3 is 0 Å². The highest BCUT2D eigenvalue weighted by atomic mass is 32.1. The predicted molar refractivity (Wildman–Crippen MR) is 93.2 cm³/mol. The van der Waals surface area contributed by atoms with Gasteiger partial charge in [-0.1, -0.05) is 12.1 Å². The second-order valence-electron chi connectivity index (χ2n) is 4.38. The molecule has 0 aromatic heterocycles. The molecule has 0 unspecified atom stereocenters. The monoisotopic (exact) mass is 308 g/mol. The highest BCUT2D eigenvalue weighted by molar-refractivity contribution is 7.80. The fraction of sp³-hybridized carbons (Fsp3) is 0.467. The van der Waals surface area contributed by atoms with Crippen LogP contribution in [0.1, 0.15) is 19.4 Å². The van der Waals surface area contributed by atoms with Crippen molar-refractivity contribution in [2.75, 3.05) is 38.3 Å². The van der Waals surface area contributed by atoms with Crippen LogP contribution < -0.4 is 15.6 Å². The van der Waals surface area contributed by atoms with Crippen LogP contribution in [0.5, 0.6) is 0 Å². The third kappa shape index (κ3) is 6.55. The standard InChI is InChI=1S/C15H24N4OS/c1-4-19(5-2)14-8-6-13(7-9-14)12-17-18-15(21)16-10-11-20-3/h6-9,12H,4-5,10-11H2,1-3H3,(H2,16,18,21)/b17-12-. The number of anilines is 1. The van der Waals surface area contributed by atoms with Gasteiger partial charge < -0.3 is 15.0 Å². The summed E-state index contributed by atoms with van der Waals surface area (Å²) in [5.41, 5.74) is 5.02. The highest BCUT2D eigenvalue weighted by Crippen LogP contribution is 2.13. The maximum absolute atomic E-state index is 5.07. The van der Waals surface area contributed by atoms with Crippen molar-refractivity contribution in [3.63, 3.8) is 0 Å². The molecule has 0 radical (unpaired) electrons. The van der Waals surface area contributed by atoms with Crippen molar-refractivity contribution in [2.45, 2.75) is 13.8 Å². The lowest BCUT2D eigenvalue weighted by atomic mass is 10.2. The van der Waals surface area contributed by atoms with Crippen molar-refractivity contribution in [1.29, 1.82) is 0 Å². The smallest absolute Gasteiger partial charge is 0.187 e. The van der Waals surface area contributed by atoms with Crippen LogP contribution in [0.2, 0.25) is 0 Å². The van der Waals surface area contributed by atoms with E-state index >= 15 is 0 Å². The molecule has 1 aromatic rings. The molecular formula is C15H24N4OS. The van der Waals surface area contributed by atoms with Crippen LogP contribution in [-0.4, -0.2) is 44.7 Å². The summed E-state index contributed by atoms with van der Waals surface area (Å²) < 4.78 is 4.92. The second kappa shape index (κ2) is 10.1. The summed E-state index contributed by atoms with van der Waals surface area (Å²) in [6, 6.07) is 8.29. The van der Waals surface area contributed by atoms with Crippen LogP contribution in [0.15, 0.2) is 29.4 Å². The molecule has 0 amide bonds. The van der Waals surface area contributed by atoms with Gasteiger partial charge in [-0.05, 0) is 43.8 Å². The number of rotatable bonds is 8. The van der Waals surface area contributed by atoms with Gasteiger partial charge in [-0.3, -0.25) is 5.43 Å². The molecule has 21 heavy (non-hydrogen) atoms. The van der Waals surface area contributed by atoms with Gasteiger partial charge in [-0.25, -0.2) is 0 Å². The Balaban J connectivity index is 2.44. The average molecular weight is 308 g/mol. The number of hydrazone groups is 1. The molecule has 0 saturated heterocycles. The number of ether oxygens (including phenoxy) is 1. The molecule has 0 atom stereocenters. The van der Waals surface area contributed by atoms with Crippen LogP contribution in [0, 0.1) is 0 Å². The van der Waals surface area contributed by atoms with Crippen molar-refractivity contribution in [2.24, 2.45) is 5.10 Å². The first-order valence-electron chi connectivity index (χ1n) is 7.12. The van der Waals surface area contributed by atoms with Crippen LogP contribution in [0.25, 0.3) is 0 Å². The topological polar surface area (TPSA) is 48.9 Å². The largest absolute Gasteiger partial charge is 0.383 e. The number of hydrogen-bond donors (Lipinski definition) is 2. The number of benzene rings is 1. The molecule has 1 aromatic carbocycles. The predicted octanol–water partition coefficient (Wildman–Crippen LogP) is 1.98. The Kier molecular flexibility index (Phi) is 8.38. The minimum Gasteiger partial charge on any atom is -0.383 e. The van der Waals surface area contributed by atoms with Crippen LogP contribution in [-0.2, 0) is 4.74 Å². The van der Waals surface area contributed by atoms with Gasteiger partial charge in [0.2, 0.25) is 0 Å². The molecule has 1 rings (SSSR count). The van der Waals surface area contributed by atoms with Gasteiger partial charge in [0.25, 0.3) is 0 Å². The quantitative estimate of drug-likeness (QED) is 0.333. The second-order valence-corrected chi connectivity index (χ2v) is 4.79. The van der Waals surface area contributed by atoms with E-state index < -0.39 is 0 Å². The van der Waals surface area contributed by atoms with Gasteiger partial charge in [0.05, 0.1) is 12.8 Å². The molecule has 6 heteroatoms. The Morgan fingerprint density at radius 2 is 1.95 bits per heavy atom. The SMILES string of the molecule is CCN(CC)c1ccc(/C=N\NC(=S)NCCOC)cc1. The first kappa shape index (κ1) is 17.4. The van der Waals surface area contributed by atoms with Gasteiger partial charge in [0.1, 0.15) is 0 Å². The van der Waals surface area contributed by atoms with Gasteiger partial charge in [-0.2, -0.15) is 5.10 Å². The lowest BCUT2D eigenvalue weighted by Crippen LogP contribution is -2.34. The van der Waals surface area contributed by atoms with Crippen LogP contribution in [0.3, 0.4) is 0 Å². The lowest BCUT2D eigenvalue weighted by Gasteiger charge is -2.20. The fourth-order valence-electron chi connectivity index (χ4n) is 1.83. The van der Waals surface area contributed by atoms with Crippen molar-refractivity contribution < 1.29 is 4.74 Å². The lowest BCUT2D eigenvalue weighted by molar-refractivity contribution is 0.204. The Labute approximate surface area is 132 Å². The number of nitrogens with zero attached hydrogens (tertiary/aromatic N) is 2. The Morgan fingerprint density at radius 1 is 1.29 bits per heavy atom. The van der Waals surface area contributed by atoms with E-state index in [4.69, 9.17) is 17.0 Å². The maximum Gasteiger partial charge on any atom is 0.187 e. The third-order valence-electron chi connectivity index (χ3n) is 2.99. The van der Waals surface area contributed by atoms with E-state index in [-0.39, 0.29) is 0 Å². The zero-order valence-corrected chi connectivity index (χ0v) is 13.7. The molecule has 0 aliphatic heterocycles. The van der Waals surface area contributed by atoms with E-state index in [1.807, 2.05) is 12.1 Å². The Hall–Kier alpha value is -1.66. The highest BCUT2D eigenvalue weighted by Gasteiger charge is 2.00. The minimum absolute atomic E-state index is 0.489. The summed E-state index contributed by atoms with van der Waals surface area (Å²) in [4.78, 5) is 2.30. The summed E-state index contributed by atoms with van der Waals surface area (Å²) in [5.74, 6) is 0. The van der Waals surface area contributed by atoms with Crippen molar-refractivity contribution >= 4 is 29.2 Å². The third-order valence-corrected chi connectivity index (χ3v) is 3.23. The molecule has 0 aliphatic rings. The van der Waals surface area contributed by atoms with E-state index in [0.717, 1.165) is 18.7 Å². The Bertz CT molecular complexity index is 443. The molecule has 0 aliphatic carbocycles. The zero-order valence-electron chi connectivity index (χ0n) is 12.9. The zero-order chi connectivity index (χ0) is 15.5. The maximum atomic E-state index is 5.07. The van der Waals surface area contributed by atoms with E-state index in [2.05, 4.69) is 46.7 Å². The summed E-state index contributed by atoms with van der Waals surface area (Å²) in [6.45, 7) is 7.59. The van der Waals surface area contributed by atoms with E-state index in [0.29, 0.717) is 18.3 Å². The van der Waals surface area contributed by atoms with Crippen molar-refractivity contribution in [1.82, 2.24) is 10.7 Å². The molecule has 0 saturated carbocycles. The number of thiocarbonyl (C=S) groups is 1. The van der Waals surface area contributed by atoms with E-state index in [9.17, 15) is 0 Å². The summed E-state index contributed by atoms with van der Waals surface area (Å²) in [6.07, 6.45) is 1.75. The summed E-state index contributed by atoms with van der Waals surface area (Å²) in [5, 5.41) is 7.57. The molecule has 0 spiro atoms. The average Bonchev–Trinajstić information content (AvgIpc) is 2.50. The number of hydrogen-bond acceptors (Lipinski definition) is 4. The molecule has 0 fully saturated rings. The molecule has 116 valence electrons. The van der Waals surface area contributed by atoms with E-state index in [1.54, 1.807) is 13.3 Å². The number of methoxy groups -OCH3 is 1. The molecule has 2 N–H and O–H groups in total. The van der Waals surface area contributed by atoms with Gasteiger partial charge in [-0.15, -0.1) is 0 Å². The van der Waals surface area contributed by atoms with Gasteiger partial charge in [0.15, 0.2) is 5.11 Å². The van der Waals surface area contributed by atoms with Crippen molar-refractivity contribution in [3.05, 3.63) is 29.8 Å². The fourth-order valence-corrected chi connectivity index (χ4v) is 1.99. The first-order chi connectivity index (χ1) is 10.2. The normalized spacial score (nSPS) is 10.6. The molecule has 5 nitrogen and oxygen atoms in total. The molecular weight excluding hydrogens is 284 g/mol. The van der Waals surface area contributed by atoms with Crippen LogP contribution >= 0.6 is 12.2 Å².